The van der Waals surface area contributed by atoms with Gasteiger partial charge in [0.25, 0.3) is 0 Å². The maximum atomic E-state index is 12.8. The van der Waals surface area contributed by atoms with Crippen LogP contribution in [-0.4, -0.2) is 63.3 Å². The molecule has 186 valence electrons. The summed E-state index contributed by atoms with van der Waals surface area (Å²) in [5, 5.41) is 3.74. The molecule has 0 aliphatic heterocycles. The maximum Gasteiger partial charge on any atom is 0.350 e. The Hall–Kier alpha value is -2.24. The van der Waals surface area contributed by atoms with E-state index in [9.17, 15) is 14.4 Å². The first kappa shape index (κ1) is 26.4. The average Bonchev–Trinajstić information content (AvgIpc) is 3.43. The van der Waals surface area contributed by atoms with E-state index in [-0.39, 0.29) is 24.0 Å². The van der Waals surface area contributed by atoms with Crippen molar-refractivity contribution in [3.05, 3.63) is 32.3 Å². The van der Waals surface area contributed by atoms with Crippen molar-refractivity contribution in [3.8, 4) is 0 Å². The van der Waals surface area contributed by atoms with E-state index in [0.717, 1.165) is 67.9 Å². The number of carbonyl (C=O) groups is 2. The molecule has 34 heavy (non-hydrogen) atoms. The number of anilines is 1. The molecule has 0 fully saturated rings. The number of nitrogens with one attached hydrogen (secondary N) is 1. The number of hydrogen-bond acceptors (Lipinski definition) is 9. The highest BCUT2D eigenvalue weighted by molar-refractivity contribution is 8.00. The lowest BCUT2D eigenvalue weighted by Crippen LogP contribution is -2.30. The molecule has 0 bridgehead atoms. The summed E-state index contributed by atoms with van der Waals surface area (Å²) in [6.45, 7) is 11.6. The monoisotopic (exact) mass is 507 g/mol. The second kappa shape index (κ2) is 12.5. The van der Waals surface area contributed by atoms with Gasteiger partial charge in [0.05, 0.1) is 18.1 Å². The third kappa shape index (κ3) is 6.45. The topological polar surface area (TPSA) is 106 Å². The molecule has 0 spiro atoms. The molecule has 1 aliphatic carbocycles. The summed E-state index contributed by atoms with van der Waals surface area (Å²) in [5.41, 5.74) is 2.44. The number of thioether (sulfide) groups is 1. The van der Waals surface area contributed by atoms with Crippen LogP contribution in [0.25, 0.3) is 0 Å². The Bertz CT molecular complexity index is 1080. The van der Waals surface area contributed by atoms with Gasteiger partial charge in [-0.1, -0.05) is 36.9 Å². The van der Waals surface area contributed by atoms with Gasteiger partial charge in [-0.3, -0.25) is 9.36 Å². The predicted octanol–water partition coefficient (Wildman–Crippen LogP) is 3.14. The molecular formula is C23H33N5O4S2. The number of aryl methyl sites for hydroxylation is 1. The van der Waals surface area contributed by atoms with Gasteiger partial charge >= 0.3 is 11.7 Å². The van der Waals surface area contributed by atoms with E-state index in [0.29, 0.717) is 27.3 Å². The van der Waals surface area contributed by atoms with Gasteiger partial charge in [0.15, 0.2) is 5.13 Å². The van der Waals surface area contributed by atoms with Crippen LogP contribution in [0.2, 0.25) is 0 Å². The fourth-order valence-corrected chi connectivity index (χ4v) is 5.81. The van der Waals surface area contributed by atoms with Crippen molar-refractivity contribution >= 4 is 40.1 Å². The van der Waals surface area contributed by atoms with Gasteiger partial charge < -0.3 is 15.0 Å². The average molecular weight is 508 g/mol. The number of nitrogens with zero attached hydrogens (tertiary/aromatic N) is 4. The van der Waals surface area contributed by atoms with Crippen molar-refractivity contribution in [3.63, 3.8) is 0 Å². The normalized spacial score (nSPS) is 12.7. The number of esters is 1. The third-order valence-corrected chi connectivity index (χ3v) is 7.87. The van der Waals surface area contributed by atoms with Crippen LogP contribution >= 0.6 is 23.1 Å². The fraction of sp³-hybridized carbons (Fsp3) is 0.609. The van der Waals surface area contributed by atoms with Gasteiger partial charge in [0, 0.05) is 17.8 Å². The molecule has 1 aliphatic rings. The summed E-state index contributed by atoms with van der Waals surface area (Å²) in [5.74, 6) is -0.589. The van der Waals surface area contributed by atoms with Crippen molar-refractivity contribution in [2.24, 2.45) is 0 Å². The lowest BCUT2D eigenvalue weighted by Gasteiger charge is -2.19. The lowest BCUT2D eigenvalue weighted by molar-refractivity contribution is -0.113. The molecule has 2 aromatic rings. The van der Waals surface area contributed by atoms with E-state index in [1.54, 1.807) is 13.8 Å². The third-order valence-electron chi connectivity index (χ3n) is 5.80. The van der Waals surface area contributed by atoms with E-state index in [1.807, 2.05) is 4.57 Å². The zero-order valence-electron chi connectivity index (χ0n) is 20.3. The number of hydrogen-bond donors (Lipinski definition) is 1. The van der Waals surface area contributed by atoms with Crippen molar-refractivity contribution in [2.75, 3.05) is 37.3 Å². The smallest absolute Gasteiger partial charge is 0.350 e. The maximum absolute atomic E-state index is 12.8. The van der Waals surface area contributed by atoms with Crippen LogP contribution in [0.3, 0.4) is 0 Å². The number of thiazole rings is 1. The summed E-state index contributed by atoms with van der Waals surface area (Å²) < 4.78 is 6.84. The summed E-state index contributed by atoms with van der Waals surface area (Å²) >= 11 is 2.37. The molecule has 3 rings (SSSR count). The van der Waals surface area contributed by atoms with E-state index in [1.165, 1.54) is 11.8 Å². The molecule has 0 unspecified atom stereocenters. The molecule has 1 N–H and O–H groups in total. The molecule has 2 heterocycles. The summed E-state index contributed by atoms with van der Waals surface area (Å²) in [4.78, 5) is 48.6. The number of ether oxygens (including phenoxy) is 1. The second-order valence-corrected chi connectivity index (χ2v) is 9.96. The highest BCUT2D eigenvalue weighted by Gasteiger charge is 2.23. The first-order valence-electron chi connectivity index (χ1n) is 11.8. The van der Waals surface area contributed by atoms with Crippen LogP contribution in [0, 0.1) is 6.92 Å². The molecule has 9 nitrogen and oxygen atoms in total. The van der Waals surface area contributed by atoms with E-state index >= 15 is 0 Å². The van der Waals surface area contributed by atoms with Crippen LogP contribution in [0.15, 0.2) is 9.82 Å². The first-order valence-corrected chi connectivity index (χ1v) is 13.6. The van der Waals surface area contributed by atoms with Gasteiger partial charge in [-0.25, -0.2) is 14.6 Å². The van der Waals surface area contributed by atoms with Gasteiger partial charge in [-0.2, -0.15) is 4.98 Å². The molecular weight excluding hydrogens is 474 g/mol. The minimum Gasteiger partial charge on any atom is -0.462 e. The highest BCUT2D eigenvalue weighted by atomic mass is 32.2. The minimum absolute atomic E-state index is 0.109. The fourth-order valence-electron chi connectivity index (χ4n) is 4.05. The largest absolute Gasteiger partial charge is 0.462 e. The van der Waals surface area contributed by atoms with Gasteiger partial charge in [0.2, 0.25) is 5.91 Å². The molecule has 1 amide bonds. The first-order chi connectivity index (χ1) is 16.4. The van der Waals surface area contributed by atoms with Crippen LogP contribution in [0.4, 0.5) is 5.13 Å². The lowest BCUT2D eigenvalue weighted by atomic mass is 10.2. The van der Waals surface area contributed by atoms with Crippen molar-refractivity contribution in [1.29, 1.82) is 0 Å². The van der Waals surface area contributed by atoms with Crippen LogP contribution in [0.1, 0.15) is 60.2 Å². The Morgan fingerprint density at radius 2 is 1.97 bits per heavy atom. The summed E-state index contributed by atoms with van der Waals surface area (Å²) in [6.07, 6.45) is 3.64. The number of amides is 1. The second-order valence-electron chi connectivity index (χ2n) is 8.00. The van der Waals surface area contributed by atoms with Gasteiger partial charge in [-0.15, -0.1) is 0 Å². The van der Waals surface area contributed by atoms with E-state index in [4.69, 9.17) is 4.74 Å². The summed E-state index contributed by atoms with van der Waals surface area (Å²) in [7, 11) is 0. The molecule has 0 saturated carbocycles. The quantitative estimate of drug-likeness (QED) is 0.265. The SMILES string of the molecule is CCOC(=O)c1sc(NC(=O)CSc2nc(=O)n(CCCN(CC)CC)c3c2CCC3)nc1C. The Morgan fingerprint density at radius 3 is 2.68 bits per heavy atom. The number of carbonyl (C=O) groups excluding carboxylic acids is 2. The zero-order valence-corrected chi connectivity index (χ0v) is 21.9. The Labute approximate surface area is 208 Å². The van der Waals surface area contributed by atoms with Crippen molar-refractivity contribution in [1.82, 2.24) is 19.4 Å². The Morgan fingerprint density at radius 1 is 1.21 bits per heavy atom. The van der Waals surface area contributed by atoms with Crippen molar-refractivity contribution in [2.45, 2.75) is 64.9 Å². The Kier molecular flexibility index (Phi) is 9.66. The predicted molar refractivity (Wildman–Crippen MR) is 135 cm³/mol. The van der Waals surface area contributed by atoms with E-state index in [2.05, 4.69) is 34.0 Å². The number of aromatic nitrogens is 3. The standard InChI is InChI=1S/C23H33N5O4S2/c1-5-27(6-2)12-9-13-28-17-11-8-10-16(17)20(26-23(28)31)33-14-18(29)25-22-24-15(4)19(34-22)21(30)32-7-3/h5-14H2,1-4H3,(H,24,25,29). The van der Waals surface area contributed by atoms with Crippen LogP contribution in [0.5, 0.6) is 0 Å². The van der Waals surface area contributed by atoms with Gasteiger partial charge in [0.1, 0.15) is 9.90 Å². The van der Waals surface area contributed by atoms with Crippen LogP contribution < -0.4 is 11.0 Å². The van der Waals surface area contributed by atoms with Gasteiger partial charge in [-0.05, 0) is 59.2 Å². The highest BCUT2D eigenvalue weighted by Crippen LogP contribution is 2.30. The number of fused-ring (bicyclic) bond motifs is 1. The summed E-state index contributed by atoms with van der Waals surface area (Å²) in [6, 6.07) is 0. The molecule has 2 aromatic heterocycles. The molecule has 11 heteroatoms. The number of rotatable bonds is 12. The van der Waals surface area contributed by atoms with E-state index < -0.39 is 5.97 Å². The molecule has 0 saturated heterocycles. The Balaban J connectivity index is 1.63. The molecule has 0 atom stereocenters. The minimum atomic E-state index is -0.440. The molecule has 0 aromatic carbocycles. The molecule has 0 radical (unpaired) electrons. The zero-order chi connectivity index (χ0) is 24.7. The van der Waals surface area contributed by atoms with Crippen LogP contribution in [-0.2, 0) is 28.9 Å². The van der Waals surface area contributed by atoms with Crippen molar-refractivity contribution < 1.29 is 14.3 Å².